The van der Waals surface area contributed by atoms with E-state index in [0.29, 0.717) is 23.4 Å². The van der Waals surface area contributed by atoms with Gasteiger partial charge in [0.15, 0.2) is 5.60 Å². The maximum absolute atomic E-state index is 14.9. The second kappa shape index (κ2) is 10.1. The molecule has 0 saturated carbocycles. The third-order valence-corrected chi connectivity index (χ3v) is 7.92. The van der Waals surface area contributed by atoms with Crippen LogP contribution in [0.3, 0.4) is 0 Å². The molecule has 2 unspecified atom stereocenters. The van der Waals surface area contributed by atoms with Crippen molar-refractivity contribution in [3.05, 3.63) is 87.2 Å². The monoisotopic (exact) mass is 608 g/mol. The van der Waals surface area contributed by atoms with E-state index in [1.54, 1.807) is 0 Å². The number of halogens is 6. The second-order valence-electron chi connectivity index (χ2n) is 11.3. The minimum absolute atomic E-state index is 0.0641. The molecule has 14 heteroatoms. The molecular formula is C29H26F6N4O4. The Kier molecular flexibility index (Phi) is 7.03. The van der Waals surface area contributed by atoms with Crippen molar-refractivity contribution >= 4 is 23.2 Å². The van der Waals surface area contributed by atoms with Gasteiger partial charge in [-0.15, -0.1) is 0 Å². The van der Waals surface area contributed by atoms with Gasteiger partial charge in [0.1, 0.15) is 23.2 Å². The molecule has 0 fully saturated rings. The van der Waals surface area contributed by atoms with Crippen molar-refractivity contribution in [1.82, 2.24) is 10.6 Å². The lowest BCUT2D eigenvalue weighted by Crippen LogP contribution is -2.58. The van der Waals surface area contributed by atoms with E-state index in [1.807, 2.05) is 0 Å². The van der Waals surface area contributed by atoms with Gasteiger partial charge in [-0.2, -0.15) is 13.2 Å². The van der Waals surface area contributed by atoms with Crippen molar-refractivity contribution < 1.29 is 46.1 Å². The third kappa shape index (κ3) is 4.98. The van der Waals surface area contributed by atoms with Gasteiger partial charge in [-0.05, 0) is 48.2 Å². The Morgan fingerprint density at radius 1 is 0.930 bits per heavy atom. The second-order valence-corrected chi connectivity index (χ2v) is 11.3. The molecular weight excluding hydrogens is 582 g/mol. The zero-order valence-electron chi connectivity index (χ0n) is 22.7. The number of aliphatic hydroxyl groups is 1. The Labute approximate surface area is 240 Å². The number of carbonyl (C=O) groups is 2. The Hall–Kier alpha value is -4.46. The van der Waals surface area contributed by atoms with E-state index in [9.17, 15) is 46.1 Å². The van der Waals surface area contributed by atoms with Gasteiger partial charge in [0, 0.05) is 57.8 Å². The molecule has 1 aliphatic carbocycles. The van der Waals surface area contributed by atoms with Gasteiger partial charge in [-0.1, -0.05) is 13.8 Å². The molecule has 0 saturated heterocycles. The molecule has 0 spiro atoms. The van der Waals surface area contributed by atoms with E-state index >= 15 is 0 Å². The fourth-order valence-corrected chi connectivity index (χ4v) is 6.03. The molecule has 3 aromatic rings. The first-order chi connectivity index (χ1) is 19.9. The molecule has 0 bridgehead atoms. The predicted octanol–water partition coefficient (Wildman–Crippen LogP) is 4.69. The van der Waals surface area contributed by atoms with Crippen LogP contribution in [0.25, 0.3) is 0 Å². The lowest BCUT2D eigenvalue weighted by atomic mass is 9.63. The van der Waals surface area contributed by atoms with Crippen molar-refractivity contribution in [3.8, 4) is 5.75 Å². The van der Waals surface area contributed by atoms with E-state index in [4.69, 9.17) is 5.73 Å². The van der Waals surface area contributed by atoms with Gasteiger partial charge in [0.25, 0.3) is 11.8 Å². The molecule has 2 atom stereocenters. The molecule has 2 aliphatic heterocycles. The van der Waals surface area contributed by atoms with E-state index in [0.717, 1.165) is 24.3 Å². The molecule has 3 aliphatic rings. The number of alkyl halides is 3. The van der Waals surface area contributed by atoms with Gasteiger partial charge in [-0.25, -0.2) is 13.2 Å². The minimum Gasteiger partial charge on any atom is -0.508 e. The summed E-state index contributed by atoms with van der Waals surface area (Å²) in [5, 5.41) is 28.7. The van der Waals surface area contributed by atoms with Crippen LogP contribution in [-0.4, -0.2) is 33.8 Å². The highest BCUT2D eigenvalue weighted by Crippen LogP contribution is 2.57. The summed E-state index contributed by atoms with van der Waals surface area (Å²) < 4.78 is 84.2. The summed E-state index contributed by atoms with van der Waals surface area (Å²) in [6.45, 7) is 3.05. The van der Waals surface area contributed by atoms with Gasteiger partial charge in [0.05, 0.1) is 6.04 Å². The molecule has 6 rings (SSSR count). The number of amides is 2. The molecule has 2 heterocycles. The number of nitrogens with two attached hydrogens (primary N) is 1. The van der Waals surface area contributed by atoms with Gasteiger partial charge in [0.2, 0.25) is 0 Å². The van der Waals surface area contributed by atoms with Crippen molar-refractivity contribution in [3.63, 3.8) is 0 Å². The number of benzene rings is 3. The Bertz CT molecular complexity index is 1680. The van der Waals surface area contributed by atoms with E-state index in [-0.39, 0.29) is 34.8 Å². The van der Waals surface area contributed by atoms with Crippen LogP contribution in [0.15, 0.2) is 36.4 Å². The van der Waals surface area contributed by atoms with E-state index in [2.05, 4.69) is 16.0 Å². The first kappa shape index (κ1) is 30.0. The van der Waals surface area contributed by atoms with Crippen molar-refractivity contribution in [1.29, 1.82) is 0 Å². The quantitative estimate of drug-likeness (QED) is 0.185. The lowest BCUT2D eigenvalue weighted by molar-refractivity contribution is -0.276. The lowest BCUT2D eigenvalue weighted by Gasteiger charge is -2.49. The number of fused-ring (bicyclic) bond motifs is 3. The van der Waals surface area contributed by atoms with Crippen LogP contribution < -0.4 is 21.7 Å². The maximum Gasteiger partial charge on any atom is 0.419 e. The van der Waals surface area contributed by atoms with Gasteiger partial charge >= 0.3 is 6.18 Å². The van der Waals surface area contributed by atoms with Crippen LogP contribution in [0.4, 0.5) is 37.7 Å². The minimum atomic E-state index is -5.19. The number of phenols is 1. The summed E-state index contributed by atoms with van der Waals surface area (Å²) in [6.07, 6.45) is -6.08. The summed E-state index contributed by atoms with van der Waals surface area (Å²) in [6, 6.07) is 3.99. The normalized spacial score (nSPS) is 21.6. The first-order valence-corrected chi connectivity index (χ1v) is 13.0. The van der Waals surface area contributed by atoms with Crippen LogP contribution in [0, 0.1) is 17.5 Å². The van der Waals surface area contributed by atoms with Crippen LogP contribution in [0.5, 0.6) is 5.75 Å². The number of hydrogen-bond acceptors (Lipinski definition) is 6. The maximum atomic E-state index is 14.9. The number of carbonyl (C=O) groups excluding carboxylic acids is 2. The zero-order valence-corrected chi connectivity index (χ0v) is 22.7. The fourth-order valence-electron chi connectivity index (χ4n) is 6.03. The van der Waals surface area contributed by atoms with Crippen molar-refractivity contribution in [2.24, 2.45) is 0 Å². The molecule has 2 amide bonds. The molecule has 0 radical (unpaired) electrons. The number of nitrogen functional groups attached to an aromatic ring is 1. The average molecular weight is 609 g/mol. The van der Waals surface area contributed by atoms with Crippen LogP contribution >= 0.6 is 0 Å². The summed E-state index contributed by atoms with van der Waals surface area (Å²) in [4.78, 5) is 22.9. The molecule has 8 nitrogen and oxygen atoms in total. The Morgan fingerprint density at radius 2 is 1.49 bits per heavy atom. The summed E-state index contributed by atoms with van der Waals surface area (Å²) in [5.74, 6) is -3.69. The highest BCUT2D eigenvalue weighted by molar-refractivity contribution is 6.00. The van der Waals surface area contributed by atoms with Crippen molar-refractivity contribution in [2.45, 2.75) is 56.6 Å². The molecule has 43 heavy (non-hydrogen) atoms. The van der Waals surface area contributed by atoms with Crippen LogP contribution in [0.2, 0.25) is 0 Å². The zero-order chi connectivity index (χ0) is 31.6. The first-order valence-electron chi connectivity index (χ1n) is 13.0. The smallest absolute Gasteiger partial charge is 0.419 e. The van der Waals surface area contributed by atoms with Crippen LogP contribution in [0.1, 0.15) is 69.3 Å². The molecule has 7 N–H and O–H groups in total. The Morgan fingerprint density at radius 3 is 2.09 bits per heavy atom. The number of anilines is 2. The highest BCUT2D eigenvalue weighted by Gasteiger charge is 2.65. The standard InChI is InChI=1S/C21H19F5N2O3.C8H7FN2O/c1-19(2)8-20(31,21(24,25)26)17(15-12(23)3-4-14(29)16(15)19)28-13-6-9(22)5-10-11(13)7-27-18(10)30;9-4-1-5-6(7(10)2-4)3-11-8(5)12/h3-6,17,28-29,31H,7-8H2,1-2H3,(H,27,30);1-2H,3,10H2,(H,11,12). The third-order valence-electron chi connectivity index (χ3n) is 7.92. The predicted molar refractivity (Wildman–Crippen MR) is 143 cm³/mol. The Balaban J connectivity index is 0.000000255. The molecule has 0 aromatic heterocycles. The summed E-state index contributed by atoms with van der Waals surface area (Å²) >= 11 is 0. The van der Waals surface area contributed by atoms with Crippen LogP contribution in [-0.2, 0) is 18.5 Å². The van der Waals surface area contributed by atoms with Crippen molar-refractivity contribution in [2.75, 3.05) is 11.1 Å². The van der Waals surface area contributed by atoms with Gasteiger partial charge < -0.3 is 31.9 Å². The highest BCUT2D eigenvalue weighted by atomic mass is 19.4. The number of hydrogen-bond donors (Lipinski definition) is 6. The van der Waals surface area contributed by atoms with E-state index in [1.165, 1.54) is 26.0 Å². The van der Waals surface area contributed by atoms with E-state index < -0.39 is 64.3 Å². The van der Waals surface area contributed by atoms with Gasteiger partial charge in [-0.3, -0.25) is 9.59 Å². The fraction of sp³-hybridized carbons (Fsp3) is 0.310. The number of phenolic OH excluding ortho intramolecular Hbond substituents is 1. The largest absolute Gasteiger partial charge is 0.508 e. The summed E-state index contributed by atoms with van der Waals surface area (Å²) in [7, 11) is 0. The molecule has 228 valence electrons. The molecule has 3 aromatic carbocycles. The topological polar surface area (TPSA) is 137 Å². The number of aromatic hydroxyl groups is 1. The average Bonchev–Trinajstić information content (AvgIpc) is 3.45. The number of rotatable bonds is 2. The SMILES string of the molecule is CC1(C)CC(O)(C(F)(F)F)C(Nc2cc(F)cc3c2CNC3=O)c2c(F)ccc(O)c21.Nc1cc(F)cc2c1CNC2=O. The number of nitrogens with one attached hydrogen (secondary N) is 3. The summed E-state index contributed by atoms with van der Waals surface area (Å²) in [5.41, 5.74) is 1.30.